The number of hydrogen-bond acceptors (Lipinski definition) is 3. The number of piperidine rings is 1. The van der Waals surface area contributed by atoms with Crippen LogP contribution in [0.5, 0.6) is 0 Å². The number of para-hydroxylation sites is 1. The molecule has 0 N–H and O–H groups in total. The van der Waals surface area contributed by atoms with Crippen molar-refractivity contribution in [2.45, 2.75) is 19.3 Å². The minimum absolute atomic E-state index is 0.0687. The largest absolute Gasteiger partial charge is 0.368 e. The van der Waals surface area contributed by atoms with Crippen LogP contribution in [-0.4, -0.2) is 49.4 Å². The molecule has 2 aliphatic heterocycles. The van der Waals surface area contributed by atoms with Crippen molar-refractivity contribution in [3.63, 3.8) is 0 Å². The molecule has 0 spiro atoms. The minimum Gasteiger partial charge on any atom is -0.368 e. The second-order valence-electron chi connectivity index (χ2n) is 7.16. The van der Waals surface area contributed by atoms with Gasteiger partial charge in [0.25, 0.3) is 5.91 Å². The molecule has 2 fully saturated rings. The van der Waals surface area contributed by atoms with Gasteiger partial charge in [0, 0.05) is 56.1 Å². The van der Waals surface area contributed by atoms with Crippen LogP contribution in [0.1, 0.15) is 29.6 Å². The molecule has 2 amide bonds. The van der Waals surface area contributed by atoms with Crippen molar-refractivity contribution in [2.75, 3.05) is 42.5 Å². The van der Waals surface area contributed by atoms with Crippen molar-refractivity contribution in [1.82, 2.24) is 4.90 Å². The molecular formula is C22H25N3O2. The molecular weight excluding hydrogens is 338 g/mol. The van der Waals surface area contributed by atoms with Gasteiger partial charge in [-0.15, -0.1) is 0 Å². The molecule has 0 saturated carbocycles. The Morgan fingerprint density at radius 2 is 1.44 bits per heavy atom. The molecule has 5 heteroatoms. The molecule has 4 rings (SSSR count). The number of hydrogen-bond donors (Lipinski definition) is 0. The number of rotatable bonds is 3. The summed E-state index contributed by atoms with van der Waals surface area (Å²) in [7, 11) is 0. The van der Waals surface area contributed by atoms with Crippen LogP contribution in [0.3, 0.4) is 0 Å². The highest BCUT2D eigenvalue weighted by molar-refractivity contribution is 5.97. The third kappa shape index (κ3) is 3.82. The molecule has 2 aromatic carbocycles. The van der Waals surface area contributed by atoms with Gasteiger partial charge in [0.1, 0.15) is 0 Å². The zero-order chi connectivity index (χ0) is 18.6. The van der Waals surface area contributed by atoms with Crippen molar-refractivity contribution in [3.05, 3.63) is 60.2 Å². The Hall–Kier alpha value is -2.82. The van der Waals surface area contributed by atoms with Crippen LogP contribution < -0.4 is 9.80 Å². The zero-order valence-electron chi connectivity index (χ0n) is 15.5. The van der Waals surface area contributed by atoms with Gasteiger partial charge in [0.2, 0.25) is 5.91 Å². The average molecular weight is 363 g/mol. The van der Waals surface area contributed by atoms with Gasteiger partial charge in [-0.3, -0.25) is 9.59 Å². The molecule has 0 unspecified atom stereocenters. The lowest BCUT2D eigenvalue weighted by atomic mass is 10.1. The Morgan fingerprint density at radius 1 is 0.741 bits per heavy atom. The number of piperazine rings is 1. The van der Waals surface area contributed by atoms with E-state index in [0.29, 0.717) is 12.0 Å². The summed E-state index contributed by atoms with van der Waals surface area (Å²) in [6.45, 7) is 3.90. The maximum absolute atomic E-state index is 12.8. The first-order valence-electron chi connectivity index (χ1n) is 9.72. The van der Waals surface area contributed by atoms with E-state index in [1.165, 1.54) is 5.69 Å². The zero-order valence-corrected chi connectivity index (χ0v) is 15.5. The van der Waals surface area contributed by atoms with Crippen LogP contribution in [0.15, 0.2) is 54.6 Å². The number of carbonyl (C=O) groups excluding carboxylic acids is 2. The standard InChI is InChI=1S/C22H25N3O2/c26-21-8-4-5-13-25(21)20-11-9-18(10-12-20)22(27)24-16-14-23(15-17-24)19-6-2-1-3-7-19/h1-3,6-7,9-12H,4-5,8,13-17H2. The SMILES string of the molecule is O=C(c1ccc(N2CCCCC2=O)cc1)N1CCN(c2ccccc2)CC1. The fourth-order valence-corrected chi connectivity index (χ4v) is 3.85. The fourth-order valence-electron chi connectivity index (χ4n) is 3.85. The first-order valence-corrected chi connectivity index (χ1v) is 9.72. The maximum Gasteiger partial charge on any atom is 0.253 e. The monoisotopic (exact) mass is 363 g/mol. The number of anilines is 2. The van der Waals surface area contributed by atoms with Gasteiger partial charge in [-0.05, 0) is 49.2 Å². The van der Waals surface area contributed by atoms with Crippen LogP contribution in [0.4, 0.5) is 11.4 Å². The van der Waals surface area contributed by atoms with Gasteiger partial charge in [0.15, 0.2) is 0 Å². The normalized spacial score (nSPS) is 17.9. The van der Waals surface area contributed by atoms with Crippen molar-refractivity contribution in [1.29, 1.82) is 0 Å². The molecule has 2 saturated heterocycles. The molecule has 2 aliphatic rings. The van der Waals surface area contributed by atoms with Gasteiger partial charge in [-0.2, -0.15) is 0 Å². The Morgan fingerprint density at radius 3 is 2.11 bits per heavy atom. The first kappa shape index (κ1) is 17.6. The van der Waals surface area contributed by atoms with Crippen molar-refractivity contribution >= 4 is 23.2 Å². The second kappa shape index (κ2) is 7.82. The van der Waals surface area contributed by atoms with Gasteiger partial charge < -0.3 is 14.7 Å². The second-order valence-corrected chi connectivity index (χ2v) is 7.16. The summed E-state index contributed by atoms with van der Waals surface area (Å²) in [6, 6.07) is 17.8. The Balaban J connectivity index is 1.38. The van der Waals surface area contributed by atoms with Crippen molar-refractivity contribution in [2.24, 2.45) is 0 Å². The van der Waals surface area contributed by atoms with Crippen molar-refractivity contribution < 1.29 is 9.59 Å². The van der Waals surface area contributed by atoms with E-state index in [0.717, 1.165) is 51.3 Å². The molecule has 0 aliphatic carbocycles. The average Bonchev–Trinajstić information content (AvgIpc) is 2.74. The minimum atomic E-state index is 0.0687. The predicted octanol–water partition coefficient (Wildman–Crippen LogP) is 3.17. The number of nitrogens with zero attached hydrogens (tertiary/aromatic N) is 3. The summed E-state index contributed by atoms with van der Waals surface area (Å²) in [4.78, 5) is 30.9. The molecule has 2 aromatic rings. The van der Waals surface area contributed by atoms with E-state index in [9.17, 15) is 9.59 Å². The number of carbonyl (C=O) groups is 2. The molecule has 5 nitrogen and oxygen atoms in total. The number of amides is 2. The highest BCUT2D eigenvalue weighted by atomic mass is 16.2. The quantitative estimate of drug-likeness (QED) is 0.841. The first-order chi connectivity index (χ1) is 13.2. The molecule has 0 atom stereocenters. The lowest BCUT2D eigenvalue weighted by molar-refractivity contribution is -0.119. The fraction of sp³-hybridized carbons (Fsp3) is 0.364. The summed E-state index contributed by atoms with van der Waals surface area (Å²) in [5.41, 5.74) is 2.79. The van der Waals surface area contributed by atoms with Crippen LogP contribution in [0, 0.1) is 0 Å². The van der Waals surface area contributed by atoms with Crippen molar-refractivity contribution in [3.8, 4) is 0 Å². The van der Waals surface area contributed by atoms with Crippen LogP contribution in [-0.2, 0) is 4.79 Å². The Kier molecular flexibility index (Phi) is 5.10. The summed E-state index contributed by atoms with van der Waals surface area (Å²) in [5, 5.41) is 0. The molecule has 0 radical (unpaired) electrons. The lowest BCUT2D eigenvalue weighted by Gasteiger charge is -2.36. The molecule has 2 heterocycles. The van der Waals surface area contributed by atoms with E-state index < -0.39 is 0 Å². The Labute approximate surface area is 160 Å². The number of benzene rings is 2. The molecule has 27 heavy (non-hydrogen) atoms. The lowest BCUT2D eigenvalue weighted by Crippen LogP contribution is -2.48. The van der Waals surface area contributed by atoms with E-state index in [-0.39, 0.29) is 11.8 Å². The molecule has 140 valence electrons. The summed E-state index contributed by atoms with van der Waals surface area (Å²) >= 11 is 0. The molecule has 0 aromatic heterocycles. The third-order valence-electron chi connectivity index (χ3n) is 5.44. The van der Waals surface area contributed by atoms with Crippen LogP contribution in [0.25, 0.3) is 0 Å². The Bertz CT molecular complexity index is 796. The van der Waals surface area contributed by atoms with Gasteiger partial charge in [-0.25, -0.2) is 0 Å². The van der Waals surface area contributed by atoms with E-state index in [2.05, 4.69) is 17.0 Å². The van der Waals surface area contributed by atoms with Gasteiger partial charge >= 0.3 is 0 Å². The smallest absolute Gasteiger partial charge is 0.253 e. The van der Waals surface area contributed by atoms with E-state index in [4.69, 9.17) is 0 Å². The van der Waals surface area contributed by atoms with E-state index in [1.54, 1.807) is 0 Å². The topological polar surface area (TPSA) is 43.9 Å². The maximum atomic E-state index is 12.8. The van der Waals surface area contributed by atoms with Gasteiger partial charge in [0.05, 0.1) is 0 Å². The van der Waals surface area contributed by atoms with Gasteiger partial charge in [-0.1, -0.05) is 18.2 Å². The predicted molar refractivity (Wildman–Crippen MR) is 107 cm³/mol. The van der Waals surface area contributed by atoms with E-state index in [1.807, 2.05) is 52.3 Å². The molecule has 0 bridgehead atoms. The van der Waals surface area contributed by atoms with E-state index >= 15 is 0 Å². The summed E-state index contributed by atoms with van der Waals surface area (Å²) < 4.78 is 0. The highest BCUT2D eigenvalue weighted by Gasteiger charge is 2.23. The summed E-state index contributed by atoms with van der Waals surface area (Å²) in [5.74, 6) is 0.247. The van der Waals surface area contributed by atoms with Crippen LogP contribution >= 0.6 is 0 Å². The summed E-state index contributed by atoms with van der Waals surface area (Å²) in [6.07, 6.45) is 2.63. The van der Waals surface area contributed by atoms with Crippen LogP contribution in [0.2, 0.25) is 0 Å². The highest BCUT2D eigenvalue weighted by Crippen LogP contribution is 2.22. The third-order valence-corrected chi connectivity index (χ3v) is 5.44.